The Kier molecular flexibility index (Phi) is 3.14. The van der Waals surface area contributed by atoms with Crippen LogP contribution >= 0.6 is 0 Å². The highest BCUT2D eigenvalue weighted by molar-refractivity contribution is 6.04. The number of rotatable bonds is 2. The van der Waals surface area contributed by atoms with E-state index in [1.807, 2.05) is 6.92 Å². The molecule has 1 N–H and O–H groups in total. The van der Waals surface area contributed by atoms with Crippen molar-refractivity contribution >= 4 is 11.6 Å². The van der Waals surface area contributed by atoms with Gasteiger partial charge in [0.1, 0.15) is 5.82 Å². The van der Waals surface area contributed by atoms with Crippen molar-refractivity contribution in [2.45, 2.75) is 6.92 Å². The fourth-order valence-electron chi connectivity index (χ4n) is 1.45. The normalized spacial score (nSPS) is 10.0. The first-order valence-corrected chi connectivity index (χ1v) is 5.14. The molecule has 3 nitrogen and oxygen atoms in total. The standard InChI is InChI=1S/C13H11FN2O/c1-9-2-3-12(14)11(8-9)13(17)16-10-4-6-15-7-5-10/h2-8H,1H3,(H,15,16,17). The van der Waals surface area contributed by atoms with E-state index >= 15 is 0 Å². The number of benzene rings is 1. The molecule has 1 aromatic heterocycles. The van der Waals surface area contributed by atoms with Gasteiger partial charge in [-0.2, -0.15) is 0 Å². The maximum Gasteiger partial charge on any atom is 0.258 e. The molecule has 0 radical (unpaired) electrons. The second-order valence-corrected chi connectivity index (χ2v) is 3.67. The molecule has 0 fully saturated rings. The van der Waals surface area contributed by atoms with Gasteiger partial charge in [-0.1, -0.05) is 11.6 Å². The maximum atomic E-state index is 13.4. The minimum atomic E-state index is -0.526. The van der Waals surface area contributed by atoms with E-state index in [4.69, 9.17) is 0 Å². The Bertz CT molecular complexity index is 540. The van der Waals surface area contributed by atoms with Crippen molar-refractivity contribution in [1.82, 2.24) is 4.98 Å². The predicted octanol–water partition coefficient (Wildman–Crippen LogP) is 2.78. The monoisotopic (exact) mass is 230 g/mol. The summed E-state index contributed by atoms with van der Waals surface area (Å²) in [5.41, 5.74) is 1.47. The van der Waals surface area contributed by atoms with Crippen molar-refractivity contribution in [2.75, 3.05) is 5.32 Å². The van der Waals surface area contributed by atoms with E-state index in [9.17, 15) is 9.18 Å². The van der Waals surface area contributed by atoms with Crippen molar-refractivity contribution in [3.05, 3.63) is 59.7 Å². The number of halogens is 1. The van der Waals surface area contributed by atoms with Crippen molar-refractivity contribution in [1.29, 1.82) is 0 Å². The third-order valence-corrected chi connectivity index (χ3v) is 2.30. The summed E-state index contributed by atoms with van der Waals surface area (Å²) in [7, 11) is 0. The summed E-state index contributed by atoms with van der Waals surface area (Å²) in [6, 6.07) is 7.72. The number of anilines is 1. The lowest BCUT2D eigenvalue weighted by atomic mass is 10.1. The summed E-state index contributed by atoms with van der Waals surface area (Å²) in [5, 5.41) is 2.61. The molecule has 17 heavy (non-hydrogen) atoms. The molecule has 0 aliphatic heterocycles. The number of amides is 1. The van der Waals surface area contributed by atoms with Crippen LogP contribution in [0.5, 0.6) is 0 Å². The summed E-state index contributed by atoms with van der Waals surface area (Å²) in [4.78, 5) is 15.6. The molecule has 2 rings (SSSR count). The molecule has 0 unspecified atom stereocenters. The molecule has 4 heteroatoms. The molecule has 1 aromatic carbocycles. The molecule has 1 amide bonds. The second-order valence-electron chi connectivity index (χ2n) is 3.67. The lowest BCUT2D eigenvalue weighted by molar-refractivity contribution is 0.102. The summed E-state index contributed by atoms with van der Waals surface area (Å²) in [6.07, 6.45) is 3.12. The Hall–Kier alpha value is -2.23. The zero-order valence-corrected chi connectivity index (χ0v) is 9.27. The predicted molar refractivity (Wildman–Crippen MR) is 63.3 cm³/mol. The molecule has 1 heterocycles. The smallest absolute Gasteiger partial charge is 0.258 e. The minimum absolute atomic E-state index is 0.0433. The van der Waals surface area contributed by atoms with E-state index in [1.165, 1.54) is 12.1 Å². The van der Waals surface area contributed by atoms with Crippen LogP contribution < -0.4 is 5.32 Å². The third-order valence-electron chi connectivity index (χ3n) is 2.30. The molecule has 0 bridgehead atoms. The van der Waals surface area contributed by atoms with Gasteiger partial charge in [0.2, 0.25) is 0 Å². The Balaban J connectivity index is 2.23. The first kappa shape index (κ1) is 11.3. The van der Waals surface area contributed by atoms with Gasteiger partial charge in [0.25, 0.3) is 5.91 Å². The number of carbonyl (C=O) groups is 1. The van der Waals surface area contributed by atoms with Crippen LogP contribution in [-0.2, 0) is 0 Å². The average molecular weight is 230 g/mol. The van der Waals surface area contributed by atoms with Gasteiger partial charge in [-0.15, -0.1) is 0 Å². The fourth-order valence-corrected chi connectivity index (χ4v) is 1.45. The van der Waals surface area contributed by atoms with Crippen LogP contribution in [0.25, 0.3) is 0 Å². The molecule has 0 saturated carbocycles. The van der Waals surface area contributed by atoms with Crippen LogP contribution in [0.15, 0.2) is 42.7 Å². The number of pyridine rings is 1. The molecule has 0 atom stereocenters. The lowest BCUT2D eigenvalue weighted by Gasteiger charge is -2.06. The van der Waals surface area contributed by atoms with Gasteiger partial charge >= 0.3 is 0 Å². The van der Waals surface area contributed by atoms with Crippen molar-refractivity contribution < 1.29 is 9.18 Å². The highest BCUT2D eigenvalue weighted by Crippen LogP contribution is 2.12. The number of hydrogen-bond donors (Lipinski definition) is 1. The summed E-state index contributed by atoms with van der Waals surface area (Å²) in [5.74, 6) is -0.987. The molecular formula is C13H11FN2O. The lowest BCUT2D eigenvalue weighted by Crippen LogP contribution is -2.13. The van der Waals surface area contributed by atoms with Gasteiger partial charge in [0.05, 0.1) is 5.56 Å². The highest BCUT2D eigenvalue weighted by Gasteiger charge is 2.11. The van der Waals surface area contributed by atoms with Crippen LogP contribution in [0, 0.1) is 12.7 Å². The van der Waals surface area contributed by atoms with Gasteiger partial charge in [-0.25, -0.2) is 4.39 Å². The third kappa shape index (κ3) is 2.66. The van der Waals surface area contributed by atoms with Gasteiger partial charge < -0.3 is 5.32 Å². The van der Waals surface area contributed by atoms with Crippen LogP contribution in [-0.4, -0.2) is 10.9 Å². The van der Waals surface area contributed by atoms with E-state index in [2.05, 4.69) is 10.3 Å². The van der Waals surface area contributed by atoms with Crippen molar-refractivity contribution in [3.8, 4) is 0 Å². The number of nitrogens with zero attached hydrogens (tertiary/aromatic N) is 1. The molecular weight excluding hydrogens is 219 g/mol. The Labute approximate surface area is 98.3 Å². The van der Waals surface area contributed by atoms with E-state index in [1.54, 1.807) is 30.6 Å². The first-order chi connectivity index (χ1) is 8.16. The molecule has 0 saturated heterocycles. The number of aryl methyl sites for hydroxylation is 1. The zero-order valence-electron chi connectivity index (χ0n) is 9.27. The quantitative estimate of drug-likeness (QED) is 0.861. The van der Waals surface area contributed by atoms with Gasteiger partial charge in [0.15, 0.2) is 0 Å². The topological polar surface area (TPSA) is 42.0 Å². The molecule has 0 aliphatic rings. The van der Waals surface area contributed by atoms with E-state index in [0.717, 1.165) is 5.56 Å². The SMILES string of the molecule is Cc1ccc(F)c(C(=O)Nc2ccncc2)c1. The minimum Gasteiger partial charge on any atom is -0.322 e. The summed E-state index contributed by atoms with van der Waals surface area (Å²) in [6.45, 7) is 1.81. The van der Waals surface area contributed by atoms with Crippen LogP contribution in [0.2, 0.25) is 0 Å². The van der Waals surface area contributed by atoms with E-state index in [-0.39, 0.29) is 5.56 Å². The fraction of sp³-hybridized carbons (Fsp3) is 0.0769. The second kappa shape index (κ2) is 4.74. The molecule has 0 spiro atoms. The van der Waals surface area contributed by atoms with E-state index in [0.29, 0.717) is 5.69 Å². The number of nitrogens with one attached hydrogen (secondary N) is 1. The average Bonchev–Trinajstić information content (AvgIpc) is 2.33. The largest absolute Gasteiger partial charge is 0.322 e. The van der Waals surface area contributed by atoms with E-state index < -0.39 is 11.7 Å². The van der Waals surface area contributed by atoms with Crippen LogP contribution in [0.3, 0.4) is 0 Å². The molecule has 86 valence electrons. The van der Waals surface area contributed by atoms with Gasteiger partial charge in [0, 0.05) is 18.1 Å². The van der Waals surface area contributed by atoms with Crippen molar-refractivity contribution in [3.63, 3.8) is 0 Å². The Morgan fingerprint density at radius 2 is 1.94 bits per heavy atom. The summed E-state index contributed by atoms with van der Waals surface area (Å²) >= 11 is 0. The zero-order chi connectivity index (χ0) is 12.3. The summed E-state index contributed by atoms with van der Waals surface area (Å²) < 4.78 is 13.4. The first-order valence-electron chi connectivity index (χ1n) is 5.14. The number of hydrogen-bond acceptors (Lipinski definition) is 2. The maximum absolute atomic E-state index is 13.4. The van der Waals surface area contributed by atoms with Crippen molar-refractivity contribution in [2.24, 2.45) is 0 Å². The van der Waals surface area contributed by atoms with Gasteiger partial charge in [-0.05, 0) is 31.2 Å². The highest BCUT2D eigenvalue weighted by atomic mass is 19.1. The molecule has 0 aliphatic carbocycles. The number of aromatic nitrogens is 1. The Morgan fingerprint density at radius 1 is 1.24 bits per heavy atom. The van der Waals surface area contributed by atoms with Crippen LogP contribution in [0.1, 0.15) is 15.9 Å². The van der Waals surface area contributed by atoms with Crippen LogP contribution in [0.4, 0.5) is 10.1 Å². The van der Waals surface area contributed by atoms with Gasteiger partial charge in [-0.3, -0.25) is 9.78 Å². The molecule has 2 aromatic rings. The number of carbonyl (C=O) groups excluding carboxylic acids is 1. The Morgan fingerprint density at radius 3 is 2.65 bits per heavy atom.